The maximum atomic E-state index is 5.66. The van der Waals surface area contributed by atoms with Gasteiger partial charge in [0.2, 0.25) is 0 Å². The lowest BCUT2D eigenvalue weighted by atomic mass is 10.1. The smallest absolute Gasteiger partial charge is 0.0266 e. The second kappa shape index (κ2) is 3.21. The van der Waals surface area contributed by atoms with Gasteiger partial charge in [-0.15, -0.1) is 5.73 Å². The number of allylic oxidation sites excluding steroid dienone is 3. The van der Waals surface area contributed by atoms with E-state index in [4.69, 9.17) is 5.73 Å². The van der Waals surface area contributed by atoms with Gasteiger partial charge in [0.1, 0.15) is 0 Å². The average molecular weight is 133 g/mol. The van der Waals surface area contributed by atoms with Crippen molar-refractivity contribution in [3.63, 3.8) is 0 Å². The SMILES string of the molecule is C[C@@H](N)C1=CC=C=CC=C1. The molecule has 1 aliphatic rings. The molecule has 0 aliphatic heterocycles. The average Bonchev–Trinajstić information content (AvgIpc) is 2.12. The number of hydrogen-bond acceptors (Lipinski definition) is 1. The Labute approximate surface area is 61.2 Å². The first-order valence-electron chi connectivity index (χ1n) is 3.35. The molecule has 0 amide bonds. The topological polar surface area (TPSA) is 26.0 Å². The predicted molar refractivity (Wildman–Crippen MR) is 43.5 cm³/mol. The van der Waals surface area contributed by atoms with Crippen molar-refractivity contribution < 1.29 is 0 Å². The molecule has 0 aromatic carbocycles. The lowest BCUT2D eigenvalue weighted by Gasteiger charge is -2.03. The van der Waals surface area contributed by atoms with E-state index in [0.717, 1.165) is 5.57 Å². The van der Waals surface area contributed by atoms with Crippen LogP contribution in [0.4, 0.5) is 0 Å². The Kier molecular flexibility index (Phi) is 2.27. The van der Waals surface area contributed by atoms with Gasteiger partial charge in [-0.2, -0.15) is 0 Å². The zero-order valence-electron chi connectivity index (χ0n) is 6.04. The Morgan fingerprint density at radius 2 is 2.30 bits per heavy atom. The Balaban J connectivity index is 2.81. The van der Waals surface area contributed by atoms with Gasteiger partial charge in [0.25, 0.3) is 0 Å². The normalized spacial score (nSPS) is 18.4. The van der Waals surface area contributed by atoms with Gasteiger partial charge < -0.3 is 5.73 Å². The lowest BCUT2D eigenvalue weighted by molar-refractivity contribution is 0.885. The molecule has 1 rings (SSSR count). The zero-order chi connectivity index (χ0) is 7.40. The molecule has 2 N–H and O–H groups in total. The molecule has 0 unspecified atom stereocenters. The molecule has 0 fully saturated rings. The molecule has 0 aromatic rings. The fourth-order valence-corrected chi connectivity index (χ4v) is 0.774. The van der Waals surface area contributed by atoms with Crippen molar-refractivity contribution >= 4 is 0 Å². The van der Waals surface area contributed by atoms with E-state index < -0.39 is 0 Å². The molecule has 1 heteroatoms. The summed E-state index contributed by atoms with van der Waals surface area (Å²) < 4.78 is 0. The summed E-state index contributed by atoms with van der Waals surface area (Å²) in [5.41, 5.74) is 9.76. The van der Waals surface area contributed by atoms with Crippen LogP contribution in [-0.2, 0) is 0 Å². The van der Waals surface area contributed by atoms with Crippen LogP contribution in [0.25, 0.3) is 0 Å². The zero-order valence-corrected chi connectivity index (χ0v) is 6.04. The Morgan fingerprint density at radius 1 is 1.50 bits per heavy atom. The van der Waals surface area contributed by atoms with E-state index in [0.29, 0.717) is 0 Å². The third-order valence-corrected chi connectivity index (χ3v) is 1.38. The molecule has 1 nitrogen and oxygen atoms in total. The van der Waals surface area contributed by atoms with E-state index in [9.17, 15) is 0 Å². The minimum atomic E-state index is 0.112. The fraction of sp³-hybridized carbons (Fsp3) is 0.222. The Bertz CT molecular complexity index is 225. The molecular weight excluding hydrogens is 122 g/mol. The first kappa shape index (κ1) is 7.07. The summed E-state index contributed by atoms with van der Waals surface area (Å²) in [6.45, 7) is 1.97. The summed E-state index contributed by atoms with van der Waals surface area (Å²) in [4.78, 5) is 0. The molecule has 0 heterocycles. The van der Waals surface area contributed by atoms with E-state index >= 15 is 0 Å². The van der Waals surface area contributed by atoms with Gasteiger partial charge in [0.05, 0.1) is 0 Å². The van der Waals surface area contributed by atoms with Crippen LogP contribution in [0.1, 0.15) is 6.92 Å². The number of hydrogen-bond donors (Lipinski definition) is 1. The van der Waals surface area contributed by atoms with E-state index in [1.165, 1.54) is 0 Å². The van der Waals surface area contributed by atoms with Crippen LogP contribution in [0.3, 0.4) is 0 Å². The third kappa shape index (κ3) is 1.73. The van der Waals surface area contributed by atoms with Crippen LogP contribution < -0.4 is 5.73 Å². The minimum Gasteiger partial charge on any atom is -0.324 e. The molecule has 0 saturated heterocycles. The van der Waals surface area contributed by atoms with Crippen LogP contribution in [0.15, 0.2) is 41.7 Å². The van der Waals surface area contributed by atoms with Gasteiger partial charge in [0, 0.05) is 6.04 Å². The van der Waals surface area contributed by atoms with Gasteiger partial charge in [-0.3, -0.25) is 0 Å². The fourth-order valence-electron chi connectivity index (χ4n) is 0.774. The largest absolute Gasteiger partial charge is 0.324 e. The van der Waals surface area contributed by atoms with Crippen LogP contribution in [-0.4, -0.2) is 6.04 Å². The van der Waals surface area contributed by atoms with Crippen molar-refractivity contribution in [1.82, 2.24) is 0 Å². The highest BCUT2D eigenvalue weighted by Crippen LogP contribution is 2.03. The minimum absolute atomic E-state index is 0.112. The summed E-state index contributed by atoms with van der Waals surface area (Å²) in [7, 11) is 0. The molecule has 0 radical (unpaired) electrons. The first-order chi connectivity index (χ1) is 4.80. The van der Waals surface area contributed by atoms with Crippen LogP contribution in [0, 0.1) is 0 Å². The van der Waals surface area contributed by atoms with Crippen LogP contribution >= 0.6 is 0 Å². The number of rotatable bonds is 1. The van der Waals surface area contributed by atoms with Crippen molar-refractivity contribution in [2.24, 2.45) is 5.73 Å². The third-order valence-electron chi connectivity index (χ3n) is 1.38. The van der Waals surface area contributed by atoms with Crippen molar-refractivity contribution in [3.8, 4) is 0 Å². The first-order valence-corrected chi connectivity index (χ1v) is 3.35. The van der Waals surface area contributed by atoms with Gasteiger partial charge in [-0.1, -0.05) is 12.2 Å². The van der Waals surface area contributed by atoms with Crippen molar-refractivity contribution in [2.45, 2.75) is 13.0 Å². The van der Waals surface area contributed by atoms with Crippen molar-refractivity contribution in [2.75, 3.05) is 0 Å². The summed E-state index contributed by atoms with van der Waals surface area (Å²) in [5.74, 6) is 0. The molecule has 1 aliphatic carbocycles. The standard InChI is InChI=1S/C9H11N/c1-8(10)9-6-4-2-3-5-7-9/h2,4-8H,10H2,1H3/t8-/m1/s1. The lowest BCUT2D eigenvalue weighted by Crippen LogP contribution is -2.16. The second-order valence-corrected chi connectivity index (χ2v) is 2.31. The molecule has 1 atom stereocenters. The predicted octanol–water partition coefficient (Wildman–Crippen LogP) is 1.54. The van der Waals surface area contributed by atoms with E-state index in [1.807, 2.05) is 37.3 Å². The molecule has 0 aromatic heterocycles. The molecule has 0 bridgehead atoms. The molecular formula is C9H11N. The van der Waals surface area contributed by atoms with Crippen LogP contribution in [0.2, 0.25) is 0 Å². The van der Waals surface area contributed by atoms with Crippen LogP contribution in [0.5, 0.6) is 0 Å². The van der Waals surface area contributed by atoms with E-state index in [2.05, 4.69) is 5.73 Å². The second-order valence-electron chi connectivity index (χ2n) is 2.31. The molecule has 52 valence electrons. The molecule has 0 saturated carbocycles. The molecule has 0 spiro atoms. The van der Waals surface area contributed by atoms with E-state index in [1.54, 1.807) is 0 Å². The summed E-state index contributed by atoms with van der Waals surface area (Å²) >= 11 is 0. The van der Waals surface area contributed by atoms with Gasteiger partial charge in [-0.05, 0) is 30.7 Å². The molecule has 10 heavy (non-hydrogen) atoms. The van der Waals surface area contributed by atoms with Gasteiger partial charge in [0.15, 0.2) is 0 Å². The summed E-state index contributed by atoms with van der Waals surface area (Å²) in [5, 5.41) is 0. The monoisotopic (exact) mass is 133 g/mol. The maximum absolute atomic E-state index is 5.66. The summed E-state index contributed by atoms with van der Waals surface area (Å²) in [6.07, 6.45) is 9.66. The maximum Gasteiger partial charge on any atom is 0.0266 e. The van der Waals surface area contributed by atoms with Gasteiger partial charge in [-0.25, -0.2) is 0 Å². The van der Waals surface area contributed by atoms with Crippen molar-refractivity contribution in [3.05, 3.63) is 41.7 Å². The quantitative estimate of drug-likeness (QED) is 0.539. The Morgan fingerprint density at radius 3 is 3.00 bits per heavy atom. The number of nitrogens with two attached hydrogens (primary N) is 1. The summed E-state index contributed by atoms with van der Waals surface area (Å²) in [6, 6.07) is 0.112. The van der Waals surface area contributed by atoms with E-state index in [-0.39, 0.29) is 6.04 Å². The highest BCUT2D eigenvalue weighted by atomic mass is 14.6. The Hall–Kier alpha value is -1.04. The van der Waals surface area contributed by atoms with Gasteiger partial charge >= 0.3 is 0 Å². The highest BCUT2D eigenvalue weighted by Gasteiger charge is 1.96. The highest BCUT2D eigenvalue weighted by molar-refractivity contribution is 5.32. The van der Waals surface area contributed by atoms with Crippen molar-refractivity contribution in [1.29, 1.82) is 0 Å².